The monoisotopic (exact) mass is 287 g/mol. The van der Waals surface area contributed by atoms with Crippen LogP contribution in [0.5, 0.6) is 0 Å². The molecule has 0 saturated heterocycles. The summed E-state index contributed by atoms with van der Waals surface area (Å²) < 4.78 is 13.5. The van der Waals surface area contributed by atoms with E-state index in [4.69, 9.17) is 0 Å². The normalized spacial score (nSPS) is 12.4. The van der Waals surface area contributed by atoms with Crippen LogP contribution in [-0.2, 0) is 6.42 Å². The molecule has 1 aromatic heterocycles. The van der Waals surface area contributed by atoms with Gasteiger partial charge in [-0.05, 0) is 56.5 Å². The second-order valence-corrected chi connectivity index (χ2v) is 5.36. The number of benzene rings is 1. The molecule has 1 unspecified atom stereocenters. The van der Waals surface area contributed by atoms with Crippen LogP contribution >= 0.6 is 0 Å². The molecule has 2 rings (SSSR count). The summed E-state index contributed by atoms with van der Waals surface area (Å²) in [4.78, 5) is 8.77. The molecule has 0 radical (unpaired) electrons. The average Bonchev–Trinajstić information content (AvgIpc) is 2.48. The highest BCUT2D eigenvalue weighted by Gasteiger charge is 2.15. The number of nitrogens with one attached hydrogen (secondary N) is 1. The Kier molecular flexibility index (Phi) is 5.39. The van der Waals surface area contributed by atoms with Crippen LogP contribution in [0.25, 0.3) is 0 Å². The quantitative estimate of drug-likeness (QED) is 0.883. The van der Waals surface area contributed by atoms with Crippen LogP contribution in [0.15, 0.2) is 30.6 Å². The number of hydrogen-bond acceptors (Lipinski definition) is 3. The lowest BCUT2D eigenvalue weighted by molar-refractivity contribution is 0.513. The number of hydrogen-bond donors (Lipinski definition) is 1. The average molecular weight is 287 g/mol. The van der Waals surface area contributed by atoms with Crippen molar-refractivity contribution >= 4 is 0 Å². The van der Waals surface area contributed by atoms with Crippen molar-refractivity contribution in [3.05, 3.63) is 58.9 Å². The van der Waals surface area contributed by atoms with Gasteiger partial charge in [0.1, 0.15) is 5.82 Å². The van der Waals surface area contributed by atoms with Gasteiger partial charge in [-0.15, -0.1) is 0 Å². The van der Waals surface area contributed by atoms with E-state index in [1.54, 1.807) is 18.5 Å². The Morgan fingerprint density at radius 2 is 2.00 bits per heavy atom. The molecule has 0 fully saturated rings. The number of nitrogens with zero attached hydrogens (tertiary/aromatic N) is 2. The Hall–Kier alpha value is -1.81. The third kappa shape index (κ3) is 4.33. The summed E-state index contributed by atoms with van der Waals surface area (Å²) in [6.45, 7) is 6.95. The van der Waals surface area contributed by atoms with E-state index in [0.29, 0.717) is 6.42 Å². The van der Waals surface area contributed by atoms with Gasteiger partial charge in [0.05, 0.1) is 23.6 Å². The minimum atomic E-state index is -0.195. The summed E-state index contributed by atoms with van der Waals surface area (Å²) in [6.07, 6.45) is 5.32. The van der Waals surface area contributed by atoms with Crippen molar-refractivity contribution < 1.29 is 4.39 Å². The summed E-state index contributed by atoms with van der Waals surface area (Å²) >= 11 is 0. The molecule has 1 N–H and O–H groups in total. The summed E-state index contributed by atoms with van der Waals surface area (Å²) in [5.41, 5.74) is 3.90. The first kappa shape index (κ1) is 15.6. The maximum Gasteiger partial charge on any atom is 0.123 e. The molecule has 112 valence electrons. The highest BCUT2D eigenvalue weighted by atomic mass is 19.1. The van der Waals surface area contributed by atoms with Crippen LogP contribution < -0.4 is 5.32 Å². The Bertz CT molecular complexity index is 581. The molecule has 21 heavy (non-hydrogen) atoms. The summed E-state index contributed by atoms with van der Waals surface area (Å²) in [7, 11) is 0. The van der Waals surface area contributed by atoms with Crippen LogP contribution in [0.1, 0.15) is 41.9 Å². The van der Waals surface area contributed by atoms with E-state index < -0.39 is 0 Å². The van der Waals surface area contributed by atoms with Gasteiger partial charge in [-0.3, -0.25) is 9.97 Å². The van der Waals surface area contributed by atoms with Crippen LogP contribution in [-0.4, -0.2) is 16.5 Å². The zero-order valence-corrected chi connectivity index (χ0v) is 12.9. The highest BCUT2D eigenvalue weighted by molar-refractivity contribution is 5.28. The molecule has 3 nitrogen and oxygen atoms in total. The Balaban J connectivity index is 2.23. The SMILES string of the molecule is CCCNC(Cc1cc(F)ccc1C)c1cnc(C)cn1. The van der Waals surface area contributed by atoms with Gasteiger partial charge in [-0.1, -0.05) is 13.0 Å². The molecule has 0 aliphatic carbocycles. The summed E-state index contributed by atoms with van der Waals surface area (Å²) in [5, 5.41) is 3.48. The first-order valence-corrected chi connectivity index (χ1v) is 7.37. The van der Waals surface area contributed by atoms with Crippen molar-refractivity contribution in [2.45, 2.75) is 39.7 Å². The smallest absolute Gasteiger partial charge is 0.123 e. The zero-order chi connectivity index (χ0) is 15.2. The molecule has 0 spiro atoms. The Morgan fingerprint density at radius 3 is 2.67 bits per heavy atom. The van der Waals surface area contributed by atoms with Gasteiger partial charge in [-0.2, -0.15) is 0 Å². The standard InChI is InChI=1S/C17H22FN3/c1-4-7-19-16(17-11-20-13(3)10-21-17)9-14-8-15(18)6-5-12(14)2/h5-6,8,10-11,16,19H,4,7,9H2,1-3H3. The van der Waals surface area contributed by atoms with Crippen molar-refractivity contribution in [1.82, 2.24) is 15.3 Å². The molecular formula is C17H22FN3. The lowest BCUT2D eigenvalue weighted by Crippen LogP contribution is -2.25. The van der Waals surface area contributed by atoms with E-state index in [2.05, 4.69) is 22.2 Å². The van der Waals surface area contributed by atoms with Gasteiger partial charge < -0.3 is 5.32 Å². The van der Waals surface area contributed by atoms with Gasteiger partial charge in [0.25, 0.3) is 0 Å². The van der Waals surface area contributed by atoms with Gasteiger partial charge >= 0.3 is 0 Å². The van der Waals surface area contributed by atoms with Crippen LogP contribution in [0.4, 0.5) is 4.39 Å². The predicted molar refractivity (Wildman–Crippen MR) is 82.6 cm³/mol. The van der Waals surface area contributed by atoms with Crippen LogP contribution in [0.3, 0.4) is 0 Å². The topological polar surface area (TPSA) is 37.8 Å². The number of aryl methyl sites for hydroxylation is 2. The Labute approximate surface area is 125 Å². The number of aromatic nitrogens is 2. The van der Waals surface area contributed by atoms with E-state index in [1.807, 2.05) is 19.9 Å². The van der Waals surface area contributed by atoms with Crippen LogP contribution in [0.2, 0.25) is 0 Å². The number of rotatable bonds is 6. The molecule has 0 saturated carbocycles. The van der Waals surface area contributed by atoms with Crippen molar-refractivity contribution in [2.75, 3.05) is 6.54 Å². The van der Waals surface area contributed by atoms with Crippen molar-refractivity contribution in [3.63, 3.8) is 0 Å². The second kappa shape index (κ2) is 7.27. The Morgan fingerprint density at radius 1 is 1.19 bits per heavy atom. The van der Waals surface area contributed by atoms with Crippen molar-refractivity contribution in [1.29, 1.82) is 0 Å². The molecule has 1 aromatic carbocycles. The van der Waals surface area contributed by atoms with Crippen molar-refractivity contribution in [3.8, 4) is 0 Å². The first-order chi connectivity index (χ1) is 10.1. The lowest BCUT2D eigenvalue weighted by Gasteiger charge is -2.19. The molecule has 2 aromatic rings. The van der Waals surface area contributed by atoms with E-state index in [9.17, 15) is 4.39 Å². The third-order valence-corrected chi connectivity index (χ3v) is 3.53. The third-order valence-electron chi connectivity index (χ3n) is 3.53. The maximum absolute atomic E-state index is 13.5. The van der Waals surface area contributed by atoms with E-state index >= 15 is 0 Å². The summed E-state index contributed by atoms with van der Waals surface area (Å²) in [5.74, 6) is -0.195. The van der Waals surface area contributed by atoms with E-state index in [0.717, 1.165) is 35.5 Å². The number of halogens is 1. The zero-order valence-electron chi connectivity index (χ0n) is 12.9. The minimum Gasteiger partial charge on any atom is -0.308 e. The molecule has 1 atom stereocenters. The maximum atomic E-state index is 13.5. The lowest BCUT2D eigenvalue weighted by atomic mass is 9.99. The largest absolute Gasteiger partial charge is 0.308 e. The summed E-state index contributed by atoms with van der Waals surface area (Å²) in [6, 6.07) is 4.98. The highest BCUT2D eigenvalue weighted by Crippen LogP contribution is 2.20. The molecule has 0 aliphatic rings. The van der Waals surface area contributed by atoms with Gasteiger partial charge in [0, 0.05) is 6.20 Å². The minimum absolute atomic E-state index is 0.0542. The molecule has 0 aliphatic heterocycles. The van der Waals surface area contributed by atoms with Crippen LogP contribution in [0, 0.1) is 19.7 Å². The molecule has 0 bridgehead atoms. The molecule has 1 heterocycles. The fourth-order valence-corrected chi connectivity index (χ4v) is 2.26. The molecule has 4 heteroatoms. The molecular weight excluding hydrogens is 265 g/mol. The van der Waals surface area contributed by atoms with E-state index in [-0.39, 0.29) is 11.9 Å². The predicted octanol–water partition coefficient (Wildman–Crippen LogP) is 3.52. The van der Waals surface area contributed by atoms with Gasteiger partial charge in [0.15, 0.2) is 0 Å². The van der Waals surface area contributed by atoms with Gasteiger partial charge in [0.2, 0.25) is 0 Å². The molecule has 0 amide bonds. The van der Waals surface area contributed by atoms with Gasteiger partial charge in [-0.25, -0.2) is 4.39 Å². The van der Waals surface area contributed by atoms with Crippen molar-refractivity contribution in [2.24, 2.45) is 0 Å². The fraction of sp³-hybridized carbons (Fsp3) is 0.412. The fourth-order valence-electron chi connectivity index (χ4n) is 2.26. The first-order valence-electron chi connectivity index (χ1n) is 7.37. The second-order valence-electron chi connectivity index (χ2n) is 5.36. The van der Waals surface area contributed by atoms with E-state index in [1.165, 1.54) is 6.07 Å².